The van der Waals surface area contributed by atoms with Gasteiger partial charge >= 0.3 is 59.1 Å². The van der Waals surface area contributed by atoms with Gasteiger partial charge in [-0.15, -0.1) is 0 Å². The summed E-state index contributed by atoms with van der Waals surface area (Å²) in [5.74, 6) is -3.09. The molecule has 0 aliphatic carbocycles. The molecular weight excluding hydrogens is 208 g/mol. The second kappa shape index (κ2) is 8.10. The average Bonchev–Trinajstić information content (AvgIpc) is 2.04. The summed E-state index contributed by atoms with van der Waals surface area (Å²) in [5.41, 5.74) is 0. The van der Waals surface area contributed by atoms with Crippen molar-refractivity contribution in [2.24, 2.45) is 5.92 Å². The van der Waals surface area contributed by atoms with Crippen LogP contribution >= 0.6 is 0 Å². The fraction of sp³-hybridized carbons (Fsp3) is 0.714. The minimum atomic E-state index is -1.25. The zero-order chi connectivity index (χ0) is 9.14. The van der Waals surface area contributed by atoms with E-state index in [0.717, 1.165) is 0 Å². The molecule has 2 unspecified atom stereocenters. The molecule has 2 atom stereocenters. The maximum atomic E-state index is 10.4. The van der Waals surface area contributed by atoms with Crippen molar-refractivity contribution in [3.63, 3.8) is 0 Å². The number of aliphatic carboxylic acids is 2. The Morgan fingerprint density at radius 1 is 1.14 bits per heavy atom. The maximum Gasteiger partial charge on any atom is 1.00 e. The van der Waals surface area contributed by atoms with Crippen molar-refractivity contribution >= 4 is 11.9 Å². The largest absolute Gasteiger partial charge is 1.00 e. The van der Waals surface area contributed by atoms with Crippen molar-refractivity contribution in [2.45, 2.75) is 18.9 Å². The zero-order valence-electron chi connectivity index (χ0n) is 8.41. The Morgan fingerprint density at radius 3 is 2.14 bits per heavy atom. The molecule has 68 valence electrons. The SMILES string of the molecule is O=C([O-])C1CCNC(C(=O)[O-])C1.[Na+].[Na+]. The molecule has 0 amide bonds. The summed E-state index contributed by atoms with van der Waals surface area (Å²) in [4.78, 5) is 20.7. The predicted octanol–water partition coefficient (Wildman–Crippen LogP) is -9.14. The molecule has 14 heavy (non-hydrogen) atoms. The van der Waals surface area contributed by atoms with Crippen LogP contribution in [0.3, 0.4) is 0 Å². The summed E-state index contributed by atoms with van der Waals surface area (Å²) in [5, 5.41) is 23.4. The standard InChI is InChI=1S/C7H11NO4.2Na/c9-6(10)4-1-2-8-5(3-4)7(11)12;;/h4-5,8H,1-3H2,(H,9,10)(H,11,12);;/q;2*+1/p-2. The van der Waals surface area contributed by atoms with Crippen LogP contribution in [0.1, 0.15) is 12.8 Å². The van der Waals surface area contributed by atoms with Crippen LogP contribution in [0.4, 0.5) is 0 Å². The van der Waals surface area contributed by atoms with Crippen LogP contribution in [0.25, 0.3) is 0 Å². The van der Waals surface area contributed by atoms with Gasteiger partial charge in [0.1, 0.15) is 0 Å². The third kappa shape index (κ3) is 5.11. The molecule has 7 heteroatoms. The van der Waals surface area contributed by atoms with Crippen molar-refractivity contribution in [3.05, 3.63) is 0 Å². The van der Waals surface area contributed by atoms with E-state index in [1.807, 2.05) is 0 Å². The van der Waals surface area contributed by atoms with E-state index in [1.165, 1.54) is 0 Å². The molecular formula is C7H9NNa2O4. The molecule has 0 bridgehead atoms. The zero-order valence-corrected chi connectivity index (χ0v) is 12.4. The Bertz CT molecular complexity index is 192. The Hall–Kier alpha value is 0.900. The average molecular weight is 217 g/mol. The topological polar surface area (TPSA) is 92.3 Å². The first-order chi connectivity index (χ1) is 5.61. The summed E-state index contributed by atoms with van der Waals surface area (Å²) in [6.07, 6.45) is 0.483. The van der Waals surface area contributed by atoms with Gasteiger partial charge in [0.25, 0.3) is 0 Å². The molecule has 1 aliphatic rings. The molecule has 1 fully saturated rings. The summed E-state index contributed by atoms with van der Waals surface area (Å²) in [6, 6.07) is -0.846. The van der Waals surface area contributed by atoms with E-state index < -0.39 is 23.9 Å². The summed E-state index contributed by atoms with van der Waals surface area (Å²) >= 11 is 0. The van der Waals surface area contributed by atoms with E-state index in [9.17, 15) is 19.8 Å². The van der Waals surface area contributed by atoms with E-state index in [1.54, 1.807) is 0 Å². The number of piperidine rings is 1. The summed E-state index contributed by atoms with van der Waals surface area (Å²) in [6.45, 7) is 0.386. The second-order valence-corrected chi connectivity index (χ2v) is 2.87. The first kappa shape index (κ1) is 17.3. The fourth-order valence-corrected chi connectivity index (χ4v) is 1.31. The molecule has 1 heterocycles. The number of rotatable bonds is 2. The van der Waals surface area contributed by atoms with E-state index in [-0.39, 0.29) is 65.5 Å². The monoisotopic (exact) mass is 217 g/mol. The van der Waals surface area contributed by atoms with Gasteiger partial charge in [0, 0.05) is 17.9 Å². The van der Waals surface area contributed by atoms with Gasteiger partial charge in [0.05, 0.1) is 5.97 Å². The molecule has 0 radical (unpaired) electrons. The van der Waals surface area contributed by atoms with Gasteiger partial charge in [0.15, 0.2) is 0 Å². The Labute approximate surface area is 126 Å². The van der Waals surface area contributed by atoms with Crippen molar-refractivity contribution in [3.8, 4) is 0 Å². The third-order valence-electron chi connectivity index (χ3n) is 2.02. The number of carbonyl (C=O) groups excluding carboxylic acids is 2. The smallest absolute Gasteiger partial charge is 0.550 e. The van der Waals surface area contributed by atoms with Gasteiger partial charge in [-0.3, -0.25) is 0 Å². The maximum absolute atomic E-state index is 10.4. The van der Waals surface area contributed by atoms with Crippen molar-refractivity contribution in [1.29, 1.82) is 0 Å². The van der Waals surface area contributed by atoms with Gasteiger partial charge in [-0.05, 0) is 19.4 Å². The molecule has 0 aromatic heterocycles. The predicted molar refractivity (Wildman–Crippen MR) is 34.5 cm³/mol. The quantitative estimate of drug-likeness (QED) is 0.464. The first-order valence-electron chi connectivity index (χ1n) is 3.76. The normalized spacial score (nSPS) is 25.4. The molecule has 0 saturated carbocycles. The van der Waals surface area contributed by atoms with Gasteiger partial charge in [0.2, 0.25) is 0 Å². The molecule has 5 nitrogen and oxygen atoms in total. The number of carbonyl (C=O) groups is 2. The Morgan fingerprint density at radius 2 is 1.71 bits per heavy atom. The van der Waals surface area contributed by atoms with E-state index in [4.69, 9.17) is 0 Å². The number of carboxylic acids is 2. The van der Waals surface area contributed by atoms with Crippen LogP contribution in [0.5, 0.6) is 0 Å². The second-order valence-electron chi connectivity index (χ2n) is 2.87. The summed E-state index contributed by atoms with van der Waals surface area (Å²) in [7, 11) is 0. The molecule has 0 aromatic rings. The van der Waals surface area contributed by atoms with Crippen LogP contribution in [0, 0.1) is 5.92 Å². The van der Waals surface area contributed by atoms with Crippen LogP contribution in [-0.4, -0.2) is 24.5 Å². The van der Waals surface area contributed by atoms with E-state index in [0.29, 0.717) is 13.0 Å². The fourth-order valence-electron chi connectivity index (χ4n) is 1.31. The molecule has 1 rings (SSSR count). The molecule has 1 saturated heterocycles. The minimum absolute atomic E-state index is 0. The molecule has 1 aliphatic heterocycles. The Kier molecular flexibility index (Phi) is 10.0. The van der Waals surface area contributed by atoms with Gasteiger partial charge in [-0.2, -0.15) is 0 Å². The number of hydrogen-bond acceptors (Lipinski definition) is 5. The van der Waals surface area contributed by atoms with Crippen molar-refractivity contribution < 1.29 is 78.9 Å². The molecule has 0 aromatic carbocycles. The first-order valence-corrected chi connectivity index (χ1v) is 3.76. The molecule has 1 N–H and O–H groups in total. The van der Waals surface area contributed by atoms with Gasteiger partial charge in [-0.1, -0.05) is 0 Å². The summed E-state index contributed by atoms with van der Waals surface area (Å²) < 4.78 is 0. The number of carboxylic acid groups (broad SMARTS) is 2. The van der Waals surface area contributed by atoms with Crippen LogP contribution < -0.4 is 74.6 Å². The minimum Gasteiger partial charge on any atom is -0.550 e. The number of nitrogens with one attached hydrogen (secondary N) is 1. The van der Waals surface area contributed by atoms with Gasteiger partial charge in [-0.25, -0.2) is 0 Å². The van der Waals surface area contributed by atoms with Crippen LogP contribution in [0.15, 0.2) is 0 Å². The Balaban J connectivity index is 0. The van der Waals surface area contributed by atoms with E-state index in [2.05, 4.69) is 5.32 Å². The van der Waals surface area contributed by atoms with E-state index >= 15 is 0 Å². The van der Waals surface area contributed by atoms with Crippen molar-refractivity contribution in [2.75, 3.05) is 6.54 Å². The molecule has 0 spiro atoms. The number of hydrogen-bond donors (Lipinski definition) is 1. The van der Waals surface area contributed by atoms with Crippen LogP contribution in [-0.2, 0) is 9.59 Å². The third-order valence-corrected chi connectivity index (χ3v) is 2.02. The van der Waals surface area contributed by atoms with Gasteiger partial charge < -0.3 is 25.1 Å². The van der Waals surface area contributed by atoms with Crippen molar-refractivity contribution in [1.82, 2.24) is 5.32 Å². The van der Waals surface area contributed by atoms with Crippen LogP contribution in [0.2, 0.25) is 0 Å².